The molecule has 0 aromatic heterocycles. The minimum Gasteiger partial charge on any atom is -0.389 e. The number of hydrogen-bond donors (Lipinski definition) is 1. The minimum absolute atomic E-state index is 0.332. The average molecular weight is 254 g/mol. The van der Waals surface area contributed by atoms with Crippen molar-refractivity contribution in [2.45, 2.75) is 32.3 Å². The Kier molecular flexibility index (Phi) is 3.89. The van der Waals surface area contributed by atoms with E-state index in [1.54, 1.807) is 0 Å². The molecule has 1 N–H and O–H groups in total. The Morgan fingerprint density at radius 1 is 1.22 bits per heavy atom. The van der Waals surface area contributed by atoms with Crippen LogP contribution < -0.4 is 0 Å². The van der Waals surface area contributed by atoms with Crippen molar-refractivity contribution in [3.05, 3.63) is 0 Å². The van der Waals surface area contributed by atoms with E-state index in [0.717, 1.165) is 37.4 Å². The van der Waals surface area contributed by atoms with Gasteiger partial charge in [0.1, 0.15) is 0 Å². The predicted octanol–water partition coefficient (Wildman–Crippen LogP) is 0.963. The van der Waals surface area contributed by atoms with Crippen LogP contribution in [0.15, 0.2) is 0 Å². The van der Waals surface area contributed by atoms with Crippen molar-refractivity contribution in [2.75, 3.05) is 39.3 Å². The van der Waals surface area contributed by atoms with E-state index in [1.807, 2.05) is 5.06 Å². The molecule has 2 heterocycles. The first-order chi connectivity index (χ1) is 8.70. The van der Waals surface area contributed by atoms with E-state index in [2.05, 4.69) is 11.8 Å². The third-order valence-electron chi connectivity index (χ3n) is 4.72. The second-order valence-electron chi connectivity index (χ2n) is 6.54. The highest BCUT2D eigenvalue weighted by molar-refractivity contribution is 4.97. The summed E-state index contributed by atoms with van der Waals surface area (Å²) in [7, 11) is 0. The maximum atomic E-state index is 10.00. The summed E-state index contributed by atoms with van der Waals surface area (Å²) in [5.41, 5.74) is 0. The lowest BCUT2D eigenvalue weighted by Gasteiger charge is -2.30. The molecule has 3 unspecified atom stereocenters. The molecular weight excluding hydrogens is 228 g/mol. The van der Waals surface area contributed by atoms with Crippen molar-refractivity contribution in [1.29, 1.82) is 0 Å². The lowest BCUT2D eigenvalue weighted by molar-refractivity contribution is -0.192. The maximum Gasteiger partial charge on any atom is 0.0957 e. The summed E-state index contributed by atoms with van der Waals surface area (Å²) < 4.78 is 0. The summed E-state index contributed by atoms with van der Waals surface area (Å²) in [5.74, 6) is 2.72. The zero-order chi connectivity index (χ0) is 12.5. The molecule has 0 aromatic carbocycles. The van der Waals surface area contributed by atoms with E-state index in [9.17, 15) is 5.11 Å². The fourth-order valence-electron chi connectivity index (χ4n) is 3.30. The predicted molar refractivity (Wildman–Crippen MR) is 70.0 cm³/mol. The SMILES string of the molecule is CC1CCN(OCC(O)CN2CC3CC3C2)CC1. The summed E-state index contributed by atoms with van der Waals surface area (Å²) in [6.45, 7) is 7.97. The molecule has 0 amide bonds. The van der Waals surface area contributed by atoms with Crippen LogP contribution >= 0.6 is 0 Å². The molecule has 104 valence electrons. The van der Waals surface area contributed by atoms with Crippen LogP contribution in [0.2, 0.25) is 0 Å². The van der Waals surface area contributed by atoms with E-state index >= 15 is 0 Å². The lowest BCUT2D eigenvalue weighted by atomic mass is 10.0. The summed E-state index contributed by atoms with van der Waals surface area (Å²) in [6.07, 6.45) is 3.52. The molecular formula is C14H26N2O2. The third kappa shape index (κ3) is 3.23. The van der Waals surface area contributed by atoms with E-state index in [1.165, 1.54) is 32.4 Å². The monoisotopic (exact) mass is 254 g/mol. The first-order valence-electron chi connectivity index (χ1n) is 7.49. The lowest BCUT2D eigenvalue weighted by Crippen LogP contribution is -2.39. The molecule has 0 bridgehead atoms. The van der Waals surface area contributed by atoms with Crippen LogP contribution in [0.5, 0.6) is 0 Å². The second-order valence-corrected chi connectivity index (χ2v) is 6.54. The van der Waals surface area contributed by atoms with Crippen LogP contribution in [0, 0.1) is 17.8 Å². The van der Waals surface area contributed by atoms with Crippen molar-refractivity contribution in [3.8, 4) is 0 Å². The van der Waals surface area contributed by atoms with Gasteiger partial charge < -0.3 is 10.0 Å². The van der Waals surface area contributed by atoms with Crippen molar-refractivity contribution < 1.29 is 9.94 Å². The van der Waals surface area contributed by atoms with Gasteiger partial charge in [-0.3, -0.25) is 4.84 Å². The van der Waals surface area contributed by atoms with Crippen LogP contribution in [0.3, 0.4) is 0 Å². The van der Waals surface area contributed by atoms with Gasteiger partial charge in [-0.2, -0.15) is 5.06 Å². The Morgan fingerprint density at radius 2 is 1.89 bits per heavy atom. The highest BCUT2D eigenvalue weighted by Gasteiger charge is 2.45. The molecule has 2 aliphatic heterocycles. The number of fused-ring (bicyclic) bond motifs is 1. The van der Waals surface area contributed by atoms with Gasteiger partial charge >= 0.3 is 0 Å². The van der Waals surface area contributed by atoms with Gasteiger partial charge in [-0.25, -0.2) is 0 Å². The molecule has 3 atom stereocenters. The quantitative estimate of drug-likeness (QED) is 0.793. The van der Waals surface area contributed by atoms with Crippen LogP contribution in [-0.4, -0.2) is 60.5 Å². The summed E-state index contributed by atoms with van der Waals surface area (Å²) in [6, 6.07) is 0. The number of β-amino-alcohol motifs (C(OH)–C–C–N with tert-alkyl or cyclic N) is 1. The average Bonchev–Trinajstić information content (AvgIpc) is 2.96. The Hall–Kier alpha value is -0.160. The summed E-state index contributed by atoms with van der Waals surface area (Å²) in [5, 5.41) is 12.0. The topological polar surface area (TPSA) is 35.9 Å². The first kappa shape index (κ1) is 12.9. The van der Waals surface area contributed by atoms with Gasteiger partial charge in [0.2, 0.25) is 0 Å². The molecule has 3 aliphatic rings. The Balaban J connectivity index is 1.30. The summed E-state index contributed by atoms with van der Waals surface area (Å²) >= 11 is 0. The fraction of sp³-hybridized carbons (Fsp3) is 1.00. The van der Waals surface area contributed by atoms with Gasteiger partial charge in [0.15, 0.2) is 0 Å². The Bertz CT molecular complexity index is 269. The van der Waals surface area contributed by atoms with Gasteiger partial charge in [-0.1, -0.05) is 6.92 Å². The van der Waals surface area contributed by atoms with Gasteiger partial charge in [0.25, 0.3) is 0 Å². The van der Waals surface area contributed by atoms with Crippen molar-refractivity contribution >= 4 is 0 Å². The van der Waals surface area contributed by atoms with Gasteiger partial charge in [-0.15, -0.1) is 0 Å². The number of nitrogens with zero attached hydrogens (tertiary/aromatic N) is 2. The molecule has 1 saturated carbocycles. The van der Waals surface area contributed by atoms with E-state index in [4.69, 9.17) is 4.84 Å². The molecule has 0 radical (unpaired) electrons. The molecule has 18 heavy (non-hydrogen) atoms. The number of hydrogen-bond acceptors (Lipinski definition) is 4. The van der Waals surface area contributed by atoms with Gasteiger partial charge in [0.05, 0.1) is 12.7 Å². The van der Waals surface area contributed by atoms with Crippen molar-refractivity contribution in [3.63, 3.8) is 0 Å². The number of aliphatic hydroxyl groups excluding tert-OH is 1. The second kappa shape index (κ2) is 5.45. The zero-order valence-corrected chi connectivity index (χ0v) is 11.4. The number of likely N-dealkylation sites (tertiary alicyclic amines) is 1. The smallest absolute Gasteiger partial charge is 0.0957 e. The first-order valence-corrected chi connectivity index (χ1v) is 7.49. The number of hydroxylamine groups is 2. The molecule has 4 heteroatoms. The van der Waals surface area contributed by atoms with E-state index in [0.29, 0.717) is 6.61 Å². The Morgan fingerprint density at radius 3 is 2.56 bits per heavy atom. The zero-order valence-electron chi connectivity index (χ0n) is 11.4. The standard InChI is InChI=1S/C14H26N2O2/c1-11-2-4-16(5-3-11)18-10-14(17)9-15-7-12-6-13(12)8-15/h11-14,17H,2-10H2,1H3. The van der Waals surface area contributed by atoms with Crippen molar-refractivity contribution in [2.24, 2.45) is 17.8 Å². The minimum atomic E-state index is -0.332. The van der Waals surface area contributed by atoms with E-state index < -0.39 is 0 Å². The van der Waals surface area contributed by atoms with Crippen LogP contribution in [0.4, 0.5) is 0 Å². The molecule has 1 aliphatic carbocycles. The summed E-state index contributed by atoms with van der Waals surface area (Å²) in [4.78, 5) is 8.09. The van der Waals surface area contributed by atoms with E-state index in [-0.39, 0.29) is 6.10 Å². The number of piperidine rings is 2. The van der Waals surface area contributed by atoms with Crippen LogP contribution in [-0.2, 0) is 4.84 Å². The molecule has 0 aromatic rings. The molecule has 2 saturated heterocycles. The Labute approximate surface area is 110 Å². The maximum absolute atomic E-state index is 10.00. The fourth-order valence-corrected chi connectivity index (χ4v) is 3.30. The molecule has 0 spiro atoms. The number of rotatable bonds is 5. The third-order valence-corrected chi connectivity index (χ3v) is 4.72. The van der Waals surface area contributed by atoms with Crippen LogP contribution in [0.1, 0.15) is 26.2 Å². The highest BCUT2D eigenvalue weighted by atomic mass is 16.7. The molecule has 3 rings (SSSR count). The normalized spacial score (nSPS) is 35.7. The largest absolute Gasteiger partial charge is 0.389 e. The highest BCUT2D eigenvalue weighted by Crippen LogP contribution is 2.44. The van der Waals surface area contributed by atoms with Crippen LogP contribution in [0.25, 0.3) is 0 Å². The van der Waals surface area contributed by atoms with Gasteiger partial charge in [0, 0.05) is 32.7 Å². The molecule has 3 fully saturated rings. The van der Waals surface area contributed by atoms with Gasteiger partial charge in [-0.05, 0) is 37.0 Å². The molecule has 4 nitrogen and oxygen atoms in total. The number of aliphatic hydroxyl groups is 1. The van der Waals surface area contributed by atoms with Crippen molar-refractivity contribution in [1.82, 2.24) is 9.96 Å².